The summed E-state index contributed by atoms with van der Waals surface area (Å²) in [6, 6.07) is 0. The molecule has 93 heavy (non-hydrogen) atoms. The van der Waals surface area contributed by atoms with E-state index in [1.165, 1.54) is 6.92 Å². The van der Waals surface area contributed by atoms with E-state index in [2.05, 4.69) is 40.7 Å². The Morgan fingerprint density at radius 3 is 1.86 bits per heavy atom. The number of ether oxygens (including phenoxy) is 12. The fraction of sp³-hybridized carbons (Fsp3) is 0.922. The van der Waals surface area contributed by atoms with Gasteiger partial charge in [-0.2, -0.15) is 0 Å². The first-order valence-corrected chi connectivity index (χ1v) is 33.0. The van der Waals surface area contributed by atoms with Crippen LogP contribution in [0.3, 0.4) is 0 Å². The average Bonchev–Trinajstić information content (AvgIpc) is 0.675. The van der Waals surface area contributed by atoms with Crippen LogP contribution in [0.15, 0.2) is 11.6 Å². The number of aliphatic hydroxyl groups is 14. The maximum Gasteiger partial charge on any atom is 0.315 e. The zero-order valence-corrected chi connectivity index (χ0v) is 54.2. The molecule has 14 N–H and O–H groups in total. The molecule has 1 spiro atoms. The van der Waals surface area contributed by atoms with E-state index in [1.807, 2.05) is 13.8 Å². The largest absolute Gasteiger partial charge is 0.457 e. The van der Waals surface area contributed by atoms with Gasteiger partial charge in [-0.15, -0.1) is 0 Å². The topological polar surface area (TPSA) is 445 Å². The van der Waals surface area contributed by atoms with E-state index in [0.717, 1.165) is 18.9 Å². The number of aliphatic hydroxyl groups excluding tert-OH is 13. The van der Waals surface area contributed by atoms with Gasteiger partial charge in [-0.25, -0.2) is 0 Å². The lowest BCUT2D eigenvalue weighted by molar-refractivity contribution is -0.376. The summed E-state index contributed by atoms with van der Waals surface area (Å²) >= 11 is 0. The van der Waals surface area contributed by atoms with Crippen LogP contribution in [0.5, 0.6) is 0 Å². The van der Waals surface area contributed by atoms with Crippen molar-refractivity contribution in [2.45, 2.75) is 292 Å². The summed E-state index contributed by atoms with van der Waals surface area (Å²) < 4.78 is 72.7. The molecule has 17 aliphatic rings. The minimum atomic E-state index is -2.31. The first-order valence-electron chi connectivity index (χ1n) is 33.0. The quantitative estimate of drug-likeness (QED) is 0.0610. The van der Waals surface area contributed by atoms with Gasteiger partial charge in [0.25, 0.3) is 0 Å². The summed E-state index contributed by atoms with van der Waals surface area (Å²) in [5.41, 5.74) is -4.78. The van der Waals surface area contributed by atoms with Crippen molar-refractivity contribution in [1.82, 2.24) is 0 Å². The Bertz CT molecular complexity index is 2730. The Morgan fingerprint density at radius 2 is 1.17 bits per heavy atom. The van der Waals surface area contributed by atoms with Gasteiger partial charge in [0.05, 0.1) is 68.6 Å². The molecule has 33 atom stereocenters. The molecule has 0 aromatic carbocycles. The smallest absolute Gasteiger partial charge is 0.315 e. The zero-order chi connectivity index (χ0) is 67.8. The minimum Gasteiger partial charge on any atom is -0.457 e. The highest BCUT2D eigenvalue weighted by molar-refractivity contribution is 5.79. The van der Waals surface area contributed by atoms with Crippen molar-refractivity contribution in [2.24, 2.45) is 50.2 Å². The summed E-state index contributed by atoms with van der Waals surface area (Å²) in [5, 5.41) is 158. The van der Waals surface area contributed by atoms with E-state index < -0.39 is 243 Å². The van der Waals surface area contributed by atoms with Crippen molar-refractivity contribution in [1.29, 1.82) is 0 Å². The van der Waals surface area contributed by atoms with Crippen molar-refractivity contribution in [2.75, 3.05) is 26.4 Å². The predicted octanol–water partition coefficient (Wildman–Crippen LogP) is -2.29. The fourth-order valence-corrected chi connectivity index (χ4v) is 18.8. The van der Waals surface area contributed by atoms with Gasteiger partial charge in [-0.05, 0) is 116 Å². The Balaban J connectivity index is 0.948. The van der Waals surface area contributed by atoms with Crippen molar-refractivity contribution in [3.8, 4) is 0 Å². The molecule has 12 aliphatic heterocycles. The number of hydrogen-bond donors (Lipinski definition) is 14. The lowest BCUT2D eigenvalue weighted by atomic mass is 9.33. The molecule has 12 bridgehead atoms. The molecule has 0 amide bonds. The highest BCUT2D eigenvalue weighted by atomic mass is 16.8. The van der Waals surface area contributed by atoms with Gasteiger partial charge in [0.15, 0.2) is 43.5 Å². The summed E-state index contributed by atoms with van der Waals surface area (Å²) in [5.74, 6) is -3.57. The minimum absolute atomic E-state index is 0.0114. The molecule has 12 heterocycles. The maximum absolute atomic E-state index is 15.6. The molecule has 0 aromatic heterocycles. The second kappa shape index (κ2) is 26.1. The summed E-state index contributed by atoms with van der Waals surface area (Å²) in [7, 11) is 0. The Labute approximate surface area is 539 Å². The molecular formula is C64H100O29. The van der Waals surface area contributed by atoms with Crippen LogP contribution in [0.2, 0.25) is 0 Å². The monoisotopic (exact) mass is 1330 g/mol. The van der Waals surface area contributed by atoms with Crippen molar-refractivity contribution < 1.29 is 143 Å². The summed E-state index contributed by atoms with van der Waals surface area (Å²) in [4.78, 5) is 43.2. The average molecular weight is 1330 g/mol. The van der Waals surface area contributed by atoms with Gasteiger partial charge < -0.3 is 128 Å². The lowest BCUT2D eigenvalue weighted by Gasteiger charge is -2.71. The van der Waals surface area contributed by atoms with Gasteiger partial charge >= 0.3 is 17.9 Å². The van der Waals surface area contributed by atoms with E-state index in [1.54, 1.807) is 0 Å². The van der Waals surface area contributed by atoms with Gasteiger partial charge in [0.2, 0.25) is 6.29 Å². The normalized spacial score (nSPS) is 53.8. The molecule has 17 rings (SSSR count). The Kier molecular flexibility index (Phi) is 20.0. The van der Waals surface area contributed by atoms with Crippen LogP contribution in [-0.2, 0) is 71.2 Å². The van der Waals surface area contributed by atoms with Gasteiger partial charge in [-0.3, -0.25) is 14.4 Å². The van der Waals surface area contributed by atoms with Crippen LogP contribution in [0, 0.1) is 50.2 Å². The fourth-order valence-electron chi connectivity index (χ4n) is 18.8. The Morgan fingerprint density at radius 1 is 0.548 bits per heavy atom. The van der Waals surface area contributed by atoms with Crippen LogP contribution in [0.25, 0.3) is 0 Å². The van der Waals surface area contributed by atoms with E-state index >= 15 is 4.79 Å². The molecule has 530 valence electrons. The molecule has 5 aliphatic carbocycles. The zero-order valence-electron chi connectivity index (χ0n) is 54.2. The second-order valence-corrected chi connectivity index (χ2v) is 31.1. The molecule has 0 radical (unpaired) electrons. The Hall–Kier alpha value is -2.77. The van der Waals surface area contributed by atoms with Crippen molar-refractivity contribution in [3.05, 3.63) is 11.6 Å². The van der Waals surface area contributed by atoms with Crippen LogP contribution in [0.4, 0.5) is 0 Å². The van der Waals surface area contributed by atoms with Gasteiger partial charge in [0.1, 0.15) is 85.5 Å². The molecule has 33 unspecified atom stereocenters. The standard InChI is InChI=1S/C64H100O29/c1-26-47-48(89-53-45(78)42(75)39(72)31(22-65)86-53)46(79)54(84-26)91-49-38(71)30(68)24-82-55(49)93-57(80)64-16-14-58(2,3)18-28(64)27-10-11-35-61(7)19-29(67)51(59(4,5)34(61)12-13-63(35,9)62(27,8)15-17-64)92-56-50(43(76)40(73)32(23-66)87-56)90-52-44(77)41(74)33(25-83-52)85-36(69)20-60(6,81)21-37(70)88-47/h10,26,28-35,38-56,65-68,71-79,81H,11-25H2,1-9H3. The molecular weight excluding hydrogens is 1230 g/mol. The van der Waals surface area contributed by atoms with E-state index in [0.29, 0.717) is 44.9 Å². The number of hydrogen-bond acceptors (Lipinski definition) is 29. The third-order valence-electron chi connectivity index (χ3n) is 24.2. The number of allylic oxidation sites excluding steroid dienone is 2. The number of esters is 3. The third kappa shape index (κ3) is 12.5. The second-order valence-electron chi connectivity index (χ2n) is 31.1. The van der Waals surface area contributed by atoms with Crippen LogP contribution in [0.1, 0.15) is 133 Å². The SMILES string of the molecule is CC1OC2OC3C(OCC(O)C3O)OC(=O)C34CCC(C)(C)CC3C3=CCC5C6(C)CC(O)C(OC7OC(CO)C(O)C(O)C7OC7OCC(OC(=O)CC(C)(O)CC(=O)OC1C(OC1OC(CO)C(O)C(O)C1O)C2O)C(O)C7O)C(C)(C)C6CCC5(C)C3(C)CC4. The van der Waals surface area contributed by atoms with Crippen LogP contribution >= 0.6 is 0 Å². The summed E-state index contributed by atoms with van der Waals surface area (Å²) in [6.07, 6.45) is -38.3. The van der Waals surface area contributed by atoms with Crippen molar-refractivity contribution in [3.63, 3.8) is 0 Å². The third-order valence-corrected chi connectivity index (χ3v) is 24.2. The lowest BCUT2D eigenvalue weighted by Crippen LogP contribution is -2.69. The highest BCUT2D eigenvalue weighted by Crippen LogP contribution is 2.76. The molecule has 12 fully saturated rings. The molecule has 29 nitrogen and oxygen atoms in total. The molecule has 4 saturated carbocycles. The van der Waals surface area contributed by atoms with E-state index in [-0.39, 0.29) is 29.6 Å². The number of carbonyl (C=O) groups is 3. The van der Waals surface area contributed by atoms with Crippen molar-refractivity contribution >= 4 is 17.9 Å². The highest BCUT2D eigenvalue weighted by Gasteiger charge is 2.71. The van der Waals surface area contributed by atoms with E-state index in [4.69, 9.17) is 56.8 Å². The van der Waals surface area contributed by atoms with Crippen LogP contribution in [-0.4, -0.2) is 275 Å². The summed E-state index contributed by atoms with van der Waals surface area (Å²) in [6.45, 7) is 14.8. The first-order chi connectivity index (χ1) is 43.5. The molecule has 8 saturated heterocycles. The predicted molar refractivity (Wildman–Crippen MR) is 311 cm³/mol. The molecule has 29 heteroatoms. The number of carbonyl (C=O) groups excluding carboxylic acids is 3. The molecule has 0 aromatic rings. The van der Waals surface area contributed by atoms with Crippen LogP contribution < -0.4 is 0 Å². The van der Waals surface area contributed by atoms with Gasteiger partial charge in [0, 0.05) is 0 Å². The first kappa shape index (κ1) is 71.5. The van der Waals surface area contributed by atoms with E-state index in [9.17, 15) is 81.1 Å². The maximum atomic E-state index is 15.6. The van der Waals surface area contributed by atoms with Gasteiger partial charge in [-0.1, -0.05) is 60.1 Å². The number of rotatable bonds is 4.